The fourth-order valence-corrected chi connectivity index (χ4v) is 3.91. The van der Waals surface area contributed by atoms with Crippen molar-refractivity contribution in [3.8, 4) is 0 Å². The van der Waals surface area contributed by atoms with Crippen LogP contribution in [0.15, 0.2) is 24.3 Å². The summed E-state index contributed by atoms with van der Waals surface area (Å²) >= 11 is 0. The lowest BCUT2D eigenvalue weighted by Gasteiger charge is -2.26. The number of benzene rings is 1. The zero-order valence-electron chi connectivity index (χ0n) is 12.8. The van der Waals surface area contributed by atoms with Crippen LogP contribution in [0.3, 0.4) is 0 Å². The largest absolute Gasteiger partial charge is 0.481 e. The summed E-state index contributed by atoms with van der Waals surface area (Å²) in [5, 5.41) is 11.6. The highest BCUT2D eigenvalue weighted by molar-refractivity contribution is 5.84. The van der Waals surface area contributed by atoms with Gasteiger partial charge in [-0.05, 0) is 49.7 Å². The molecule has 0 aromatic heterocycles. The Bertz CT molecular complexity index is 583. The number of unbranched alkanes of at least 4 members (excludes halogenated alkanes) is 1. The van der Waals surface area contributed by atoms with E-state index in [0.29, 0.717) is 13.0 Å². The lowest BCUT2D eigenvalue weighted by molar-refractivity contribution is -0.137. The van der Waals surface area contributed by atoms with E-state index in [9.17, 15) is 9.59 Å². The van der Waals surface area contributed by atoms with Gasteiger partial charge in [-0.2, -0.15) is 0 Å². The van der Waals surface area contributed by atoms with Gasteiger partial charge in [0, 0.05) is 24.3 Å². The van der Waals surface area contributed by atoms with Crippen LogP contribution in [-0.2, 0) is 21.4 Å². The second kappa shape index (κ2) is 6.11. The number of carboxylic acids is 1. The van der Waals surface area contributed by atoms with Crippen LogP contribution in [0, 0.1) is 5.92 Å². The van der Waals surface area contributed by atoms with Gasteiger partial charge in [-0.3, -0.25) is 9.59 Å². The van der Waals surface area contributed by atoms with Gasteiger partial charge in [0.1, 0.15) is 0 Å². The fraction of sp³-hybridized carbons (Fsp3) is 0.556. The van der Waals surface area contributed by atoms with Crippen LogP contribution in [0.5, 0.6) is 0 Å². The number of hydrogen-bond donors (Lipinski definition) is 2. The summed E-state index contributed by atoms with van der Waals surface area (Å²) in [6.07, 6.45) is 5.89. The monoisotopic (exact) mass is 301 g/mol. The summed E-state index contributed by atoms with van der Waals surface area (Å²) in [6.45, 7) is 0.584. The summed E-state index contributed by atoms with van der Waals surface area (Å²) < 4.78 is 0. The first-order valence-electron chi connectivity index (χ1n) is 8.21. The van der Waals surface area contributed by atoms with E-state index in [1.807, 2.05) is 0 Å². The Hall–Kier alpha value is -1.84. The van der Waals surface area contributed by atoms with Gasteiger partial charge in [-0.1, -0.05) is 24.3 Å². The smallest absolute Gasteiger partial charge is 0.303 e. The highest BCUT2D eigenvalue weighted by Crippen LogP contribution is 2.60. The summed E-state index contributed by atoms with van der Waals surface area (Å²) in [7, 11) is 0. The third-order valence-corrected chi connectivity index (χ3v) is 5.13. The van der Waals surface area contributed by atoms with Crippen molar-refractivity contribution in [3.05, 3.63) is 35.4 Å². The van der Waals surface area contributed by atoms with Crippen molar-refractivity contribution in [1.82, 2.24) is 5.32 Å². The number of amides is 1. The van der Waals surface area contributed by atoms with E-state index in [4.69, 9.17) is 5.11 Å². The number of aliphatic carboxylic acids is 1. The van der Waals surface area contributed by atoms with Crippen LogP contribution in [0.25, 0.3) is 0 Å². The van der Waals surface area contributed by atoms with Gasteiger partial charge in [-0.15, -0.1) is 0 Å². The standard InChI is InChI=1S/C18H23NO3/c20-16(21)9-3-4-11-19-17(22)15-12-18(15)10-5-7-13-6-1-2-8-14(13)18/h1-2,6,8,15H,3-5,7,9-12H2,(H,19,22)(H,20,21). The fourth-order valence-electron chi connectivity index (χ4n) is 3.91. The Morgan fingerprint density at radius 2 is 2.09 bits per heavy atom. The van der Waals surface area contributed by atoms with Crippen molar-refractivity contribution >= 4 is 11.9 Å². The number of rotatable bonds is 6. The van der Waals surface area contributed by atoms with Crippen molar-refractivity contribution in [2.45, 2.75) is 50.4 Å². The molecule has 2 N–H and O–H groups in total. The normalized spacial score (nSPS) is 25.5. The van der Waals surface area contributed by atoms with E-state index >= 15 is 0 Å². The van der Waals surface area contributed by atoms with Crippen LogP contribution >= 0.6 is 0 Å². The van der Waals surface area contributed by atoms with Gasteiger partial charge in [0.15, 0.2) is 0 Å². The number of hydrogen-bond acceptors (Lipinski definition) is 2. The molecule has 2 aliphatic carbocycles. The molecule has 1 aromatic carbocycles. The van der Waals surface area contributed by atoms with E-state index in [2.05, 4.69) is 29.6 Å². The first-order chi connectivity index (χ1) is 10.6. The van der Waals surface area contributed by atoms with Crippen molar-refractivity contribution < 1.29 is 14.7 Å². The highest BCUT2D eigenvalue weighted by Gasteiger charge is 2.59. The minimum Gasteiger partial charge on any atom is -0.481 e. The van der Waals surface area contributed by atoms with E-state index < -0.39 is 5.97 Å². The number of carboxylic acid groups (broad SMARTS) is 1. The quantitative estimate of drug-likeness (QED) is 0.794. The van der Waals surface area contributed by atoms with Crippen LogP contribution < -0.4 is 5.32 Å². The average Bonchev–Trinajstić information content (AvgIpc) is 3.22. The molecule has 0 aliphatic heterocycles. The van der Waals surface area contributed by atoms with Gasteiger partial charge in [0.25, 0.3) is 0 Å². The number of fused-ring (bicyclic) bond motifs is 2. The molecule has 118 valence electrons. The number of aryl methyl sites for hydroxylation is 1. The molecule has 2 atom stereocenters. The van der Waals surface area contributed by atoms with Gasteiger partial charge >= 0.3 is 5.97 Å². The molecular formula is C18H23NO3. The van der Waals surface area contributed by atoms with E-state index in [1.165, 1.54) is 17.5 Å². The van der Waals surface area contributed by atoms with E-state index in [0.717, 1.165) is 25.7 Å². The Morgan fingerprint density at radius 1 is 1.27 bits per heavy atom. The second-order valence-corrected chi connectivity index (χ2v) is 6.57. The molecule has 4 nitrogen and oxygen atoms in total. The molecule has 22 heavy (non-hydrogen) atoms. The minimum atomic E-state index is -0.772. The molecule has 0 saturated heterocycles. The SMILES string of the molecule is O=C(O)CCCCNC(=O)C1CC12CCCc1ccccc12. The van der Waals surface area contributed by atoms with Crippen LogP contribution in [0.1, 0.15) is 49.7 Å². The minimum absolute atomic E-state index is 0.0833. The van der Waals surface area contributed by atoms with Crippen molar-refractivity contribution in [1.29, 1.82) is 0 Å². The molecule has 1 saturated carbocycles. The summed E-state index contributed by atoms with van der Waals surface area (Å²) in [4.78, 5) is 22.8. The molecule has 1 spiro atoms. The lowest BCUT2D eigenvalue weighted by atomic mass is 9.78. The molecule has 4 heteroatoms. The molecule has 1 aromatic rings. The maximum atomic E-state index is 12.4. The first kappa shape index (κ1) is 15.1. The van der Waals surface area contributed by atoms with Crippen molar-refractivity contribution in [2.24, 2.45) is 5.92 Å². The van der Waals surface area contributed by atoms with Gasteiger partial charge in [0.05, 0.1) is 0 Å². The Balaban J connectivity index is 1.54. The van der Waals surface area contributed by atoms with E-state index in [-0.39, 0.29) is 23.7 Å². The van der Waals surface area contributed by atoms with Crippen LogP contribution in [0.4, 0.5) is 0 Å². The first-order valence-corrected chi connectivity index (χ1v) is 8.21. The Kier molecular flexibility index (Phi) is 4.19. The molecule has 0 radical (unpaired) electrons. The second-order valence-electron chi connectivity index (χ2n) is 6.57. The number of carbonyl (C=O) groups is 2. The van der Waals surface area contributed by atoms with Crippen molar-refractivity contribution in [2.75, 3.05) is 6.54 Å². The Morgan fingerprint density at radius 3 is 2.91 bits per heavy atom. The average molecular weight is 301 g/mol. The molecule has 2 aliphatic rings. The predicted molar refractivity (Wildman–Crippen MR) is 83.7 cm³/mol. The third-order valence-electron chi connectivity index (χ3n) is 5.13. The van der Waals surface area contributed by atoms with Crippen LogP contribution in [-0.4, -0.2) is 23.5 Å². The maximum Gasteiger partial charge on any atom is 0.303 e. The van der Waals surface area contributed by atoms with Gasteiger partial charge < -0.3 is 10.4 Å². The summed E-state index contributed by atoms with van der Waals surface area (Å²) in [5.41, 5.74) is 2.87. The van der Waals surface area contributed by atoms with Crippen LogP contribution in [0.2, 0.25) is 0 Å². The highest BCUT2D eigenvalue weighted by atomic mass is 16.4. The summed E-state index contributed by atoms with van der Waals surface area (Å²) in [5.74, 6) is -0.522. The van der Waals surface area contributed by atoms with Gasteiger partial charge in [0.2, 0.25) is 5.91 Å². The van der Waals surface area contributed by atoms with E-state index in [1.54, 1.807) is 0 Å². The predicted octanol–water partition coefficient (Wildman–Crippen LogP) is 2.65. The molecule has 1 amide bonds. The van der Waals surface area contributed by atoms with Crippen molar-refractivity contribution in [3.63, 3.8) is 0 Å². The molecule has 2 unspecified atom stereocenters. The topological polar surface area (TPSA) is 66.4 Å². The maximum absolute atomic E-state index is 12.4. The third kappa shape index (κ3) is 2.87. The van der Waals surface area contributed by atoms with Gasteiger partial charge in [-0.25, -0.2) is 0 Å². The molecule has 0 heterocycles. The molecule has 3 rings (SSSR count). The number of carbonyl (C=O) groups excluding carboxylic acids is 1. The number of nitrogens with one attached hydrogen (secondary N) is 1. The zero-order valence-corrected chi connectivity index (χ0v) is 12.8. The Labute approximate surface area is 130 Å². The molecule has 1 fully saturated rings. The zero-order chi connectivity index (χ0) is 15.6. The molecule has 0 bridgehead atoms. The molecular weight excluding hydrogens is 278 g/mol. The lowest BCUT2D eigenvalue weighted by Crippen LogP contribution is -2.30. The summed E-state index contributed by atoms with van der Waals surface area (Å²) in [6, 6.07) is 8.53.